The highest BCUT2D eigenvalue weighted by molar-refractivity contribution is 5.92. The van der Waals surface area contributed by atoms with E-state index in [0.29, 0.717) is 44.9 Å². The highest BCUT2D eigenvalue weighted by atomic mass is 19.1. The third-order valence-corrected chi connectivity index (χ3v) is 7.08. The zero-order valence-corrected chi connectivity index (χ0v) is 21.4. The molecule has 2 aliphatic heterocycles. The number of rotatable bonds is 5. The van der Waals surface area contributed by atoms with Gasteiger partial charge in [-0.1, -0.05) is 18.2 Å². The van der Waals surface area contributed by atoms with Crippen molar-refractivity contribution in [2.24, 2.45) is 0 Å². The quantitative estimate of drug-likeness (QED) is 0.513. The molecule has 9 nitrogen and oxygen atoms in total. The van der Waals surface area contributed by atoms with Crippen molar-refractivity contribution in [3.8, 4) is 5.75 Å². The van der Waals surface area contributed by atoms with Gasteiger partial charge in [0.1, 0.15) is 17.8 Å². The number of fused-ring (bicyclic) bond motifs is 1. The molecule has 0 N–H and O–H groups in total. The van der Waals surface area contributed by atoms with E-state index in [-0.39, 0.29) is 47.8 Å². The number of piperazine rings is 1. The third kappa shape index (κ3) is 5.25. The summed E-state index contributed by atoms with van der Waals surface area (Å²) >= 11 is 0. The van der Waals surface area contributed by atoms with E-state index in [2.05, 4.69) is 4.98 Å². The van der Waals surface area contributed by atoms with E-state index in [4.69, 9.17) is 9.15 Å². The SMILES string of the molecule is CC(=O)N1CCN(C(=O)c2coc(COc3ccc4c(c3)[C@H](c3ccc(F)cc3)N(C(C)=O)CC4)n2)CC1. The van der Waals surface area contributed by atoms with Crippen LogP contribution in [-0.4, -0.2) is 70.1 Å². The molecule has 3 aromatic rings. The number of hydrogen-bond acceptors (Lipinski definition) is 6. The number of amides is 3. The fraction of sp³-hybridized carbons (Fsp3) is 0.357. The van der Waals surface area contributed by atoms with Crippen LogP contribution in [0.15, 0.2) is 53.1 Å². The summed E-state index contributed by atoms with van der Waals surface area (Å²) in [5.74, 6) is 0.178. The molecule has 3 heterocycles. The van der Waals surface area contributed by atoms with Crippen molar-refractivity contribution in [1.82, 2.24) is 19.7 Å². The first-order valence-electron chi connectivity index (χ1n) is 12.6. The van der Waals surface area contributed by atoms with Crippen molar-refractivity contribution in [2.45, 2.75) is 32.9 Å². The normalized spacial score (nSPS) is 17.2. The van der Waals surface area contributed by atoms with Crippen LogP contribution in [0.4, 0.5) is 4.39 Å². The fourth-order valence-electron chi connectivity index (χ4n) is 5.03. The Bertz CT molecular complexity index is 1350. The van der Waals surface area contributed by atoms with Crippen molar-refractivity contribution < 1.29 is 27.9 Å². The van der Waals surface area contributed by atoms with Crippen molar-refractivity contribution in [1.29, 1.82) is 0 Å². The summed E-state index contributed by atoms with van der Waals surface area (Å²) in [6, 6.07) is 11.6. The van der Waals surface area contributed by atoms with Crippen LogP contribution in [0.3, 0.4) is 0 Å². The van der Waals surface area contributed by atoms with Gasteiger partial charge in [-0.2, -0.15) is 0 Å². The number of carbonyl (C=O) groups excluding carboxylic acids is 3. The number of aromatic nitrogens is 1. The molecule has 2 aliphatic rings. The van der Waals surface area contributed by atoms with Gasteiger partial charge in [-0.15, -0.1) is 0 Å². The predicted octanol–water partition coefficient (Wildman–Crippen LogP) is 3.19. The monoisotopic (exact) mass is 520 g/mol. The molecule has 0 unspecified atom stereocenters. The zero-order valence-electron chi connectivity index (χ0n) is 21.4. The van der Waals surface area contributed by atoms with Gasteiger partial charge in [-0.25, -0.2) is 9.37 Å². The Morgan fingerprint density at radius 3 is 2.37 bits per heavy atom. The Balaban J connectivity index is 1.28. The maximum absolute atomic E-state index is 13.6. The summed E-state index contributed by atoms with van der Waals surface area (Å²) < 4.78 is 25.0. The lowest BCUT2D eigenvalue weighted by Crippen LogP contribution is -2.50. The molecule has 1 atom stereocenters. The van der Waals surface area contributed by atoms with Gasteiger partial charge in [0.2, 0.25) is 17.7 Å². The van der Waals surface area contributed by atoms with Crippen LogP contribution in [0.25, 0.3) is 0 Å². The second-order valence-electron chi connectivity index (χ2n) is 9.49. The summed E-state index contributed by atoms with van der Waals surface area (Å²) in [4.78, 5) is 46.2. The van der Waals surface area contributed by atoms with E-state index in [0.717, 1.165) is 16.7 Å². The van der Waals surface area contributed by atoms with Crippen LogP contribution in [-0.2, 0) is 22.6 Å². The largest absolute Gasteiger partial charge is 0.484 e. The molecule has 1 saturated heterocycles. The first kappa shape index (κ1) is 25.4. The standard InChI is InChI=1S/C28H29FN4O5/c1-18(34)31-11-13-32(14-12-31)28(36)25-16-38-26(30-25)17-37-23-8-5-20-9-10-33(19(2)35)27(24(20)15-23)21-3-6-22(29)7-4-21/h3-8,15-16,27H,9-14,17H2,1-2H3/t27-/m0/s1. The molecule has 1 fully saturated rings. The Morgan fingerprint density at radius 1 is 0.974 bits per heavy atom. The highest BCUT2D eigenvalue weighted by Crippen LogP contribution is 2.37. The molecule has 0 spiro atoms. The molecule has 38 heavy (non-hydrogen) atoms. The average Bonchev–Trinajstić information content (AvgIpc) is 3.40. The molecule has 1 aromatic heterocycles. The molecule has 198 valence electrons. The van der Waals surface area contributed by atoms with Crippen molar-refractivity contribution in [2.75, 3.05) is 32.7 Å². The number of benzene rings is 2. The molecule has 5 rings (SSSR count). The lowest BCUT2D eigenvalue weighted by Gasteiger charge is -2.37. The van der Waals surface area contributed by atoms with Gasteiger partial charge < -0.3 is 23.9 Å². The lowest BCUT2D eigenvalue weighted by molar-refractivity contribution is -0.131. The minimum absolute atomic E-state index is 0.00173. The van der Waals surface area contributed by atoms with Crippen LogP contribution in [0.5, 0.6) is 5.75 Å². The molecule has 0 saturated carbocycles. The minimum Gasteiger partial charge on any atom is -0.484 e. The summed E-state index contributed by atoms with van der Waals surface area (Å²) in [5, 5.41) is 0. The first-order chi connectivity index (χ1) is 18.3. The maximum Gasteiger partial charge on any atom is 0.275 e. The highest BCUT2D eigenvalue weighted by Gasteiger charge is 2.31. The van der Waals surface area contributed by atoms with E-state index < -0.39 is 0 Å². The topological polar surface area (TPSA) is 96.2 Å². The molecular weight excluding hydrogens is 491 g/mol. The number of carbonyl (C=O) groups is 3. The summed E-state index contributed by atoms with van der Waals surface area (Å²) in [6.07, 6.45) is 2.03. The van der Waals surface area contributed by atoms with Gasteiger partial charge in [-0.3, -0.25) is 14.4 Å². The van der Waals surface area contributed by atoms with Gasteiger partial charge in [0.15, 0.2) is 12.3 Å². The van der Waals surface area contributed by atoms with E-state index in [1.54, 1.807) is 26.8 Å². The first-order valence-corrected chi connectivity index (χ1v) is 12.6. The Labute approximate surface area is 219 Å². The van der Waals surface area contributed by atoms with E-state index in [1.807, 2.05) is 18.2 Å². The van der Waals surface area contributed by atoms with Crippen LogP contribution < -0.4 is 4.74 Å². The Morgan fingerprint density at radius 2 is 1.68 bits per heavy atom. The van der Waals surface area contributed by atoms with Gasteiger partial charge in [-0.05, 0) is 47.4 Å². The van der Waals surface area contributed by atoms with Gasteiger partial charge in [0.25, 0.3) is 5.91 Å². The molecule has 10 heteroatoms. The van der Waals surface area contributed by atoms with Crippen molar-refractivity contribution in [3.63, 3.8) is 0 Å². The Hall–Kier alpha value is -4.21. The van der Waals surface area contributed by atoms with Crippen molar-refractivity contribution >= 4 is 17.7 Å². The number of oxazole rings is 1. The summed E-state index contributed by atoms with van der Waals surface area (Å²) in [7, 11) is 0. The van der Waals surface area contributed by atoms with Gasteiger partial charge in [0, 0.05) is 46.6 Å². The lowest BCUT2D eigenvalue weighted by atomic mass is 9.88. The molecule has 2 aromatic carbocycles. The molecular formula is C28H29FN4O5. The molecule has 3 amide bonds. The van der Waals surface area contributed by atoms with Crippen LogP contribution in [0.2, 0.25) is 0 Å². The van der Waals surface area contributed by atoms with Crippen molar-refractivity contribution in [3.05, 3.63) is 82.8 Å². The molecule has 0 aliphatic carbocycles. The predicted molar refractivity (Wildman–Crippen MR) is 135 cm³/mol. The summed E-state index contributed by atoms with van der Waals surface area (Å²) in [5.41, 5.74) is 3.03. The average molecular weight is 521 g/mol. The minimum atomic E-state index is -0.352. The van der Waals surface area contributed by atoms with E-state index in [9.17, 15) is 18.8 Å². The van der Waals surface area contributed by atoms with E-state index in [1.165, 1.54) is 32.2 Å². The van der Waals surface area contributed by atoms with E-state index >= 15 is 0 Å². The van der Waals surface area contributed by atoms with Crippen LogP contribution >= 0.6 is 0 Å². The second-order valence-corrected chi connectivity index (χ2v) is 9.49. The van der Waals surface area contributed by atoms with Gasteiger partial charge in [0.05, 0.1) is 6.04 Å². The number of halogens is 1. The second kappa shape index (κ2) is 10.6. The maximum atomic E-state index is 13.6. The number of ether oxygens (including phenoxy) is 1. The zero-order chi connectivity index (χ0) is 26.8. The third-order valence-electron chi connectivity index (χ3n) is 7.08. The smallest absolute Gasteiger partial charge is 0.275 e. The Kier molecular flexibility index (Phi) is 7.13. The molecule has 0 radical (unpaired) electrons. The fourth-order valence-corrected chi connectivity index (χ4v) is 5.03. The summed E-state index contributed by atoms with van der Waals surface area (Å²) in [6.45, 7) is 5.51. The number of hydrogen-bond donors (Lipinski definition) is 0. The van der Waals surface area contributed by atoms with Crippen LogP contribution in [0, 0.1) is 5.82 Å². The number of nitrogens with zero attached hydrogens (tertiary/aromatic N) is 4. The van der Waals surface area contributed by atoms with Crippen LogP contribution in [0.1, 0.15) is 53.0 Å². The van der Waals surface area contributed by atoms with Gasteiger partial charge >= 0.3 is 0 Å². The molecule has 0 bridgehead atoms.